The minimum absolute atomic E-state index is 0.508. The van der Waals surface area contributed by atoms with Gasteiger partial charge in [0.25, 0.3) is 0 Å². The van der Waals surface area contributed by atoms with Gasteiger partial charge < -0.3 is 10.3 Å². The number of aromatic nitrogens is 5. The van der Waals surface area contributed by atoms with Crippen LogP contribution >= 0.6 is 11.8 Å². The number of aryl methyl sites for hydroxylation is 1. The molecule has 0 atom stereocenters. The number of nitrogens with zero attached hydrogens (tertiary/aromatic N) is 5. The Hall–Kier alpha value is -2.93. The molecule has 0 aliphatic rings. The Morgan fingerprint density at radius 2 is 1.89 bits per heavy atom. The zero-order chi connectivity index (χ0) is 18.8. The summed E-state index contributed by atoms with van der Waals surface area (Å²) in [5.74, 6) is 2.66. The van der Waals surface area contributed by atoms with E-state index in [1.54, 1.807) is 11.8 Å². The van der Waals surface area contributed by atoms with E-state index in [0.717, 1.165) is 34.0 Å². The van der Waals surface area contributed by atoms with Crippen LogP contribution < -0.4 is 5.73 Å². The molecule has 0 saturated carbocycles. The zero-order valence-corrected chi connectivity index (χ0v) is 16.1. The third kappa shape index (κ3) is 3.50. The molecule has 2 heterocycles. The Labute approximate surface area is 161 Å². The SMILES string of the molecule is CCn1c(SCc2nc(N)c3ccccc3n2)nnc1-c1cccc(C)c1. The minimum atomic E-state index is 0.508. The van der Waals surface area contributed by atoms with Crippen LogP contribution in [0.15, 0.2) is 53.7 Å². The maximum absolute atomic E-state index is 6.08. The van der Waals surface area contributed by atoms with Crippen molar-refractivity contribution < 1.29 is 0 Å². The van der Waals surface area contributed by atoms with Crippen molar-refractivity contribution in [2.75, 3.05) is 5.73 Å². The summed E-state index contributed by atoms with van der Waals surface area (Å²) in [6.07, 6.45) is 0. The number of nitrogens with two attached hydrogens (primary N) is 1. The van der Waals surface area contributed by atoms with Crippen molar-refractivity contribution in [3.05, 3.63) is 59.9 Å². The summed E-state index contributed by atoms with van der Waals surface area (Å²) in [5.41, 5.74) is 9.21. The Kier molecular flexibility index (Phi) is 4.77. The van der Waals surface area contributed by atoms with E-state index in [9.17, 15) is 0 Å². The summed E-state index contributed by atoms with van der Waals surface area (Å²) >= 11 is 1.57. The van der Waals surface area contributed by atoms with E-state index in [2.05, 4.69) is 56.8 Å². The predicted molar refractivity (Wildman–Crippen MR) is 109 cm³/mol. The van der Waals surface area contributed by atoms with Crippen LogP contribution in [0, 0.1) is 6.92 Å². The van der Waals surface area contributed by atoms with Gasteiger partial charge in [0.1, 0.15) is 11.6 Å². The van der Waals surface area contributed by atoms with Crippen LogP contribution in [0.5, 0.6) is 0 Å². The molecule has 2 aromatic carbocycles. The van der Waals surface area contributed by atoms with Crippen molar-refractivity contribution in [2.24, 2.45) is 0 Å². The van der Waals surface area contributed by atoms with Gasteiger partial charge in [0, 0.05) is 17.5 Å². The molecule has 0 aliphatic heterocycles. The van der Waals surface area contributed by atoms with Gasteiger partial charge in [-0.1, -0.05) is 47.7 Å². The molecule has 2 aromatic heterocycles. The molecule has 6 nitrogen and oxygen atoms in total. The fourth-order valence-electron chi connectivity index (χ4n) is 3.02. The maximum Gasteiger partial charge on any atom is 0.191 e. The van der Waals surface area contributed by atoms with Crippen LogP contribution in [-0.4, -0.2) is 24.7 Å². The van der Waals surface area contributed by atoms with Gasteiger partial charge in [-0.2, -0.15) is 0 Å². The lowest BCUT2D eigenvalue weighted by Crippen LogP contribution is -2.02. The maximum atomic E-state index is 6.08. The highest BCUT2D eigenvalue weighted by Crippen LogP contribution is 2.27. The van der Waals surface area contributed by atoms with Crippen molar-refractivity contribution in [1.29, 1.82) is 0 Å². The first-order valence-electron chi connectivity index (χ1n) is 8.80. The van der Waals surface area contributed by atoms with Gasteiger partial charge in [-0.05, 0) is 32.0 Å². The number of para-hydroxylation sites is 1. The number of hydrogen-bond acceptors (Lipinski definition) is 6. The highest BCUT2D eigenvalue weighted by atomic mass is 32.2. The lowest BCUT2D eigenvalue weighted by atomic mass is 10.1. The predicted octanol–water partition coefficient (Wildman–Crippen LogP) is 4.09. The summed E-state index contributed by atoms with van der Waals surface area (Å²) < 4.78 is 2.11. The quantitative estimate of drug-likeness (QED) is 0.528. The van der Waals surface area contributed by atoms with Gasteiger partial charge in [0.15, 0.2) is 11.0 Å². The summed E-state index contributed by atoms with van der Waals surface area (Å²) in [7, 11) is 0. The highest BCUT2D eigenvalue weighted by molar-refractivity contribution is 7.98. The minimum Gasteiger partial charge on any atom is -0.383 e. The Morgan fingerprint density at radius 1 is 1.04 bits per heavy atom. The first kappa shape index (κ1) is 17.5. The summed E-state index contributed by atoms with van der Waals surface area (Å²) in [6, 6.07) is 16.1. The molecule has 0 fully saturated rings. The number of thioether (sulfide) groups is 1. The van der Waals surface area contributed by atoms with E-state index in [1.165, 1.54) is 5.56 Å². The molecular formula is C20H20N6S. The van der Waals surface area contributed by atoms with Crippen LogP contribution in [0.4, 0.5) is 5.82 Å². The Morgan fingerprint density at radius 3 is 2.70 bits per heavy atom. The number of rotatable bonds is 5. The first-order chi connectivity index (χ1) is 13.2. The monoisotopic (exact) mass is 376 g/mol. The molecular weight excluding hydrogens is 356 g/mol. The van der Waals surface area contributed by atoms with Gasteiger partial charge in [-0.15, -0.1) is 10.2 Å². The second-order valence-electron chi connectivity index (χ2n) is 6.25. The smallest absolute Gasteiger partial charge is 0.191 e. The number of fused-ring (bicyclic) bond motifs is 1. The van der Waals surface area contributed by atoms with Crippen molar-refractivity contribution in [3.63, 3.8) is 0 Å². The number of benzene rings is 2. The summed E-state index contributed by atoms with van der Waals surface area (Å²) in [4.78, 5) is 9.05. The molecule has 4 aromatic rings. The fourth-order valence-corrected chi connectivity index (χ4v) is 3.88. The lowest BCUT2D eigenvalue weighted by Gasteiger charge is -2.08. The Balaban J connectivity index is 1.60. The molecule has 0 radical (unpaired) electrons. The zero-order valence-electron chi connectivity index (χ0n) is 15.3. The second kappa shape index (κ2) is 7.36. The van der Waals surface area contributed by atoms with Crippen LogP contribution in [0.3, 0.4) is 0 Å². The average Bonchev–Trinajstić information content (AvgIpc) is 3.09. The number of hydrogen-bond donors (Lipinski definition) is 1. The Bertz CT molecular complexity index is 1100. The normalized spacial score (nSPS) is 11.2. The van der Waals surface area contributed by atoms with Crippen LogP contribution in [-0.2, 0) is 12.3 Å². The number of anilines is 1. The van der Waals surface area contributed by atoms with Crippen LogP contribution in [0.2, 0.25) is 0 Å². The van der Waals surface area contributed by atoms with Crippen LogP contribution in [0.25, 0.3) is 22.3 Å². The van der Waals surface area contributed by atoms with Gasteiger partial charge >= 0.3 is 0 Å². The van der Waals surface area contributed by atoms with E-state index in [-0.39, 0.29) is 0 Å². The molecule has 0 aliphatic carbocycles. The van der Waals surface area contributed by atoms with Gasteiger partial charge in [0.05, 0.1) is 11.3 Å². The first-order valence-corrected chi connectivity index (χ1v) is 9.78. The average molecular weight is 376 g/mol. The van der Waals surface area contributed by atoms with E-state index in [0.29, 0.717) is 17.4 Å². The van der Waals surface area contributed by atoms with E-state index in [4.69, 9.17) is 5.73 Å². The second-order valence-corrected chi connectivity index (χ2v) is 7.19. The highest BCUT2D eigenvalue weighted by Gasteiger charge is 2.14. The molecule has 0 bridgehead atoms. The van der Waals surface area contributed by atoms with Gasteiger partial charge in [0.2, 0.25) is 0 Å². The molecule has 0 unspecified atom stereocenters. The molecule has 2 N–H and O–H groups in total. The molecule has 4 rings (SSSR count). The van der Waals surface area contributed by atoms with E-state index >= 15 is 0 Å². The van der Waals surface area contributed by atoms with Crippen LogP contribution in [0.1, 0.15) is 18.3 Å². The molecule has 0 saturated heterocycles. The van der Waals surface area contributed by atoms with E-state index in [1.807, 2.05) is 30.3 Å². The fraction of sp³-hybridized carbons (Fsp3) is 0.200. The lowest BCUT2D eigenvalue weighted by molar-refractivity contribution is 0.687. The van der Waals surface area contributed by atoms with Crippen molar-refractivity contribution in [2.45, 2.75) is 31.3 Å². The summed E-state index contributed by atoms with van der Waals surface area (Å²) in [6.45, 7) is 4.96. The third-order valence-electron chi connectivity index (χ3n) is 4.32. The van der Waals surface area contributed by atoms with Gasteiger partial charge in [-0.3, -0.25) is 0 Å². The molecule has 0 spiro atoms. The van der Waals surface area contributed by atoms with Crippen molar-refractivity contribution in [3.8, 4) is 11.4 Å². The third-order valence-corrected chi connectivity index (χ3v) is 5.28. The molecule has 7 heteroatoms. The van der Waals surface area contributed by atoms with Crippen molar-refractivity contribution in [1.82, 2.24) is 24.7 Å². The summed E-state index contributed by atoms with van der Waals surface area (Å²) in [5, 5.41) is 10.5. The molecule has 27 heavy (non-hydrogen) atoms. The topological polar surface area (TPSA) is 82.5 Å². The molecule has 0 amide bonds. The number of nitrogen functional groups attached to an aromatic ring is 1. The largest absolute Gasteiger partial charge is 0.383 e. The molecule has 136 valence electrons. The van der Waals surface area contributed by atoms with E-state index < -0.39 is 0 Å². The standard InChI is InChI=1S/C20H20N6S/c1-3-26-19(14-8-6-7-13(2)11-14)24-25-20(26)27-12-17-22-16-10-5-4-9-15(16)18(21)23-17/h4-11H,3,12H2,1-2H3,(H2,21,22,23). The van der Waals surface area contributed by atoms with Gasteiger partial charge in [-0.25, -0.2) is 9.97 Å². The van der Waals surface area contributed by atoms with Crippen molar-refractivity contribution >= 4 is 28.5 Å².